The third-order valence-corrected chi connectivity index (χ3v) is 3.83. The fourth-order valence-corrected chi connectivity index (χ4v) is 2.84. The monoisotopic (exact) mass is 274 g/mol. The molecule has 0 fully saturated rings. The maximum Gasteiger partial charge on any atom is 0.313 e. The number of carboxylic acids is 1. The molecule has 0 bridgehead atoms. The Bertz CT molecular complexity index is 524. The van der Waals surface area contributed by atoms with Crippen LogP contribution in [0.25, 0.3) is 4.96 Å². The third kappa shape index (κ3) is 2.93. The van der Waals surface area contributed by atoms with E-state index in [1.54, 1.807) is 11.6 Å². The van der Waals surface area contributed by atoms with Crippen molar-refractivity contribution in [1.82, 2.24) is 19.8 Å². The van der Waals surface area contributed by atoms with Crippen molar-refractivity contribution in [3.05, 3.63) is 10.8 Å². The first-order chi connectivity index (χ1) is 8.20. The van der Waals surface area contributed by atoms with Gasteiger partial charge in [0.2, 0.25) is 4.96 Å². The maximum absolute atomic E-state index is 10.4. The first-order valence-electron chi connectivity index (χ1n) is 4.69. The molecule has 0 amide bonds. The first kappa shape index (κ1) is 12.3. The molecule has 1 N–H and O–H groups in total. The van der Waals surface area contributed by atoms with Gasteiger partial charge in [-0.3, -0.25) is 4.79 Å². The molecule has 2 heterocycles. The van der Waals surface area contributed by atoms with Crippen molar-refractivity contribution in [1.29, 1.82) is 0 Å². The molecule has 0 saturated carbocycles. The average Bonchev–Trinajstić information content (AvgIpc) is 2.80. The summed E-state index contributed by atoms with van der Waals surface area (Å²) in [6.07, 6.45) is 0. The van der Waals surface area contributed by atoms with Crippen LogP contribution >= 0.6 is 23.1 Å². The molecule has 0 saturated heterocycles. The van der Waals surface area contributed by atoms with Gasteiger partial charge in [-0.25, -0.2) is 0 Å². The lowest BCUT2D eigenvalue weighted by Gasteiger charge is -1.94. The minimum atomic E-state index is -0.821. The van der Waals surface area contributed by atoms with Crippen molar-refractivity contribution in [3.8, 4) is 0 Å². The predicted octanol–water partition coefficient (Wildman–Crippen LogP) is 0.650. The second kappa shape index (κ2) is 5.43. The predicted molar refractivity (Wildman–Crippen MR) is 63.2 cm³/mol. The van der Waals surface area contributed by atoms with E-state index in [2.05, 4.69) is 15.3 Å². The number of carboxylic acid groups (broad SMARTS) is 1. The van der Waals surface area contributed by atoms with Crippen LogP contribution in [0.5, 0.6) is 0 Å². The Hall–Kier alpha value is -1.19. The molecule has 2 rings (SSSR count). The third-order valence-electron chi connectivity index (χ3n) is 1.82. The summed E-state index contributed by atoms with van der Waals surface area (Å²) in [4.78, 5) is 11.1. The zero-order valence-electron chi connectivity index (χ0n) is 8.99. The van der Waals surface area contributed by atoms with E-state index >= 15 is 0 Å². The molecule has 0 aliphatic rings. The number of ether oxygens (including phenoxy) is 1. The lowest BCUT2D eigenvalue weighted by Crippen LogP contribution is -1.99. The van der Waals surface area contributed by atoms with Crippen LogP contribution in [0, 0.1) is 0 Å². The number of nitrogens with zero attached hydrogens (tertiary/aromatic N) is 4. The molecule has 7 nitrogen and oxygen atoms in total. The van der Waals surface area contributed by atoms with Crippen molar-refractivity contribution in [2.75, 3.05) is 12.9 Å². The minimum Gasteiger partial charge on any atom is -0.481 e. The summed E-state index contributed by atoms with van der Waals surface area (Å²) in [5, 5.41) is 21.6. The highest BCUT2D eigenvalue weighted by Crippen LogP contribution is 2.19. The summed E-state index contributed by atoms with van der Waals surface area (Å²) in [5.74, 6) is 0.462. The van der Waals surface area contributed by atoms with Crippen LogP contribution in [0.15, 0.2) is 0 Å². The van der Waals surface area contributed by atoms with E-state index in [0.717, 1.165) is 5.01 Å². The number of fused-ring (bicyclic) bond motifs is 1. The molecule has 0 atom stereocenters. The van der Waals surface area contributed by atoms with E-state index in [1.165, 1.54) is 23.1 Å². The summed E-state index contributed by atoms with van der Waals surface area (Å²) in [6.45, 7) is 0.354. The number of methoxy groups -OCH3 is 1. The number of aliphatic carboxylic acids is 1. The molecule has 9 heteroatoms. The van der Waals surface area contributed by atoms with Gasteiger partial charge in [0.15, 0.2) is 5.82 Å². The molecule has 17 heavy (non-hydrogen) atoms. The van der Waals surface area contributed by atoms with E-state index in [0.29, 0.717) is 23.1 Å². The molecule has 92 valence electrons. The summed E-state index contributed by atoms with van der Waals surface area (Å²) in [6, 6.07) is 0. The molecule has 0 spiro atoms. The highest BCUT2D eigenvalue weighted by Gasteiger charge is 2.11. The van der Waals surface area contributed by atoms with Crippen LogP contribution in [-0.4, -0.2) is 43.7 Å². The molecule has 0 aliphatic heterocycles. The molecule has 2 aromatic heterocycles. The number of hydrogen-bond donors (Lipinski definition) is 1. The SMILES string of the molecule is COCc1nnc2sc(CSCC(=O)O)nn12. The van der Waals surface area contributed by atoms with Gasteiger partial charge in [-0.05, 0) is 0 Å². The Balaban J connectivity index is 2.06. The van der Waals surface area contributed by atoms with Gasteiger partial charge >= 0.3 is 5.97 Å². The minimum absolute atomic E-state index is 0.0745. The fraction of sp³-hybridized carbons (Fsp3) is 0.500. The van der Waals surface area contributed by atoms with Crippen LogP contribution in [0.3, 0.4) is 0 Å². The number of rotatable bonds is 6. The van der Waals surface area contributed by atoms with Crippen LogP contribution in [-0.2, 0) is 21.9 Å². The normalized spacial score (nSPS) is 11.1. The summed E-state index contributed by atoms with van der Waals surface area (Å²) in [5.41, 5.74) is 0. The van der Waals surface area contributed by atoms with Crippen LogP contribution in [0.4, 0.5) is 0 Å². The Kier molecular flexibility index (Phi) is 3.92. The molecular weight excluding hydrogens is 264 g/mol. The van der Waals surface area contributed by atoms with Crippen molar-refractivity contribution < 1.29 is 14.6 Å². The number of carbonyl (C=O) groups is 1. The highest BCUT2D eigenvalue weighted by atomic mass is 32.2. The number of thioether (sulfide) groups is 1. The summed E-state index contributed by atoms with van der Waals surface area (Å²) < 4.78 is 6.60. The molecule has 2 aromatic rings. The van der Waals surface area contributed by atoms with Gasteiger partial charge < -0.3 is 9.84 Å². The van der Waals surface area contributed by atoms with Gasteiger partial charge in [-0.2, -0.15) is 9.61 Å². The lowest BCUT2D eigenvalue weighted by molar-refractivity contribution is -0.133. The highest BCUT2D eigenvalue weighted by molar-refractivity contribution is 7.99. The van der Waals surface area contributed by atoms with Gasteiger partial charge in [0, 0.05) is 12.9 Å². The standard InChI is InChI=1S/C8H10N4O3S2/c1-15-2-5-9-10-8-12(5)11-6(17-8)3-16-4-7(13)14/h2-4H2,1H3,(H,13,14). The Morgan fingerprint density at radius 2 is 2.41 bits per heavy atom. The van der Waals surface area contributed by atoms with Crippen molar-refractivity contribution in [2.24, 2.45) is 0 Å². The zero-order valence-corrected chi connectivity index (χ0v) is 10.6. The average molecular weight is 274 g/mol. The summed E-state index contributed by atoms with van der Waals surface area (Å²) >= 11 is 2.71. The lowest BCUT2D eigenvalue weighted by atomic mass is 10.7. The molecule has 0 unspecified atom stereocenters. The maximum atomic E-state index is 10.4. The topological polar surface area (TPSA) is 89.6 Å². The molecule has 0 aromatic carbocycles. The second-order valence-electron chi connectivity index (χ2n) is 3.13. The van der Waals surface area contributed by atoms with Crippen molar-refractivity contribution >= 4 is 34.0 Å². The Morgan fingerprint density at radius 3 is 3.12 bits per heavy atom. The quantitative estimate of drug-likeness (QED) is 0.827. The second-order valence-corrected chi connectivity index (χ2v) is 5.15. The Labute approximate surface area is 105 Å². The van der Waals surface area contributed by atoms with Gasteiger partial charge in [-0.1, -0.05) is 11.3 Å². The summed E-state index contributed by atoms with van der Waals surface area (Å²) in [7, 11) is 1.58. The van der Waals surface area contributed by atoms with Crippen molar-refractivity contribution in [3.63, 3.8) is 0 Å². The van der Waals surface area contributed by atoms with Crippen LogP contribution in [0.2, 0.25) is 0 Å². The van der Waals surface area contributed by atoms with E-state index in [9.17, 15) is 4.79 Å². The largest absolute Gasteiger partial charge is 0.481 e. The fourth-order valence-electron chi connectivity index (χ4n) is 1.20. The number of hydrogen-bond acceptors (Lipinski definition) is 7. The van der Waals surface area contributed by atoms with E-state index < -0.39 is 5.97 Å². The molecule has 0 aliphatic carbocycles. The number of aromatic nitrogens is 4. The van der Waals surface area contributed by atoms with Gasteiger partial charge in [0.1, 0.15) is 11.6 Å². The van der Waals surface area contributed by atoms with E-state index in [4.69, 9.17) is 9.84 Å². The van der Waals surface area contributed by atoms with Gasteiger partial charge in [0.05, 0.1) is 5.75 Å². The molecular formula is C8H10N4O3S2. The van der Waals surface area contributed by atoms with Crippen molar-refractivity contribution in [2.45, 2.75) is 12.4 Å². The van der Waals surface area contributed by atoms with Gasteiger partial charge in [-0.15, -0.1) is 22.0 Å². The van der Waals surface area contributed by atoms with Crippen LogP contribution in [0.1, 0.15) is 10.8 Å². The van der Waals surface area contributed by atoms with Gasteiger partial charge in [0.25, 0.3) is 0 Å². The zero-order chi connectivity index (χ0) is 12.3. The molecule has 0 radical (unpaired) electrons. The van der Waals surface area contributed by atoms with E-state index in [-0.39, 0.29) is 5.75 Å². The van der Waals surface area contributed by atoms with Crippen LogP contribution < -0.4 is 0 Å². The van der Waals surface area contributed by atoms with E-state index in [1.807, 2.05) is 0 Å². The smallest absolute Gasteiger partial charge is 0.313 e. The Morgan fingerprint density at radius 1 is 1.59 bits per heavy atom. The first-order valence-corrected chi connectivity index (χ1v) is 6.66.